The average molecular weight is 425 g/mol. The minimum Gasteiger partial charge on any atom is -0.308 e. The van der Waals surface area contributed by atoms with Crippen LogP contribution in [0.15, 0.2) is 66.7 Å². The molecule has 0 amide bonds. The third kappa shape index (κ3) is 3.21. The maximum atomic E-state index is 13.0. The van der Waals surface area contributed by atoms with Crippen molar-refractivity contribution in [3.05, 3.63) is 72.4 Å². The summed E-state index contributed by atoms with van der Waals surface area (Å²) in [6.45, 7) is 9.81. The molecular weight excluding hydrogens is 396 g/mol. The lowest BCUT2D eigenvalue weighted by atomic mass is 10.0. The number of imidazole rings is 2. The van der Waals surface area contributed by atoms with Gasteiger partial charge in [-0.2, -0.15) is 0 Å². The van der Waals surface area contributed by atoms with Crippen molar-refractivity contribution >= 4 is 33.4 Å². The fourth-order valence-electron chi connectivity index (χ4n) is 4.75. The molecule has 0 saturated heterocycles. The Balaban J connectivity index is 1.80. The number of para-hydroxylation sites is 2. The van der Waals surface area contributed by atoms with Crippen LogP contribution in [0.5, 0.6) is 0 Å². The van der Waals surface area contributed by atoms with Crippen LogP contribution in [-0.4, -0.2) is 44.3 Å². The summed E-state index contributed by atoms with van der Waals surface area (Å²) >= 11 is 0. The lowest BCUT2D eigenvalue weighted by molar-refractivity contribution is 0.101. The lowest BCUT2D eigenvalue weighted by Gasteiger charge is -2.18. The van der Waals surface area contributed by atoms with Crippen molar-refractivity contribution in [3.8, 4) is 11.3 Å². The summed E-state index contributed by atoms with van der Waals surface area (Å²) in [6, 6.07) is 22.8. The third-order valence-corrected chi connectivity index (χ3v) is 6.43. The van der Waals surface area contributed by atoms with Gasteiger partial charge in [-0.05, 0) is 36.0 Å². The molecule has 162 valence electrons. The summed E-state index contributed by atoms with van der Waals surface area (Å²) < 4.78 is 4.31. The van der Waals surface area contributed by atoms with Crippen LogP contribution in [0.1, 0.15) is 31.3 Å². The lowest BCUT2D eigenvalue weighted by Crippen LogP contribution is -2.27. The first-order valence-electron chi connectivity index (χ1n) is 11.3. The van der Waals surface area contributed by atoms with E-state index in [9.17, 15) is 4.79 Å². The number of carbonyl (C=O) groups excluding carboxylic acids is 1. The first-order chi connectivity index (χ1) is 15.6. The van der Waals surface area contributed by atoms with Crippen molar-refractivity contribution in [2.45, 2.75) is 27.3 Å². The molecule has 0 aliphatic carbocycles. The number of carbonyl (C=O) groups is 1. The quantitative estimate of drug-likeness (QED) is 0.317. The second-order valence-electron chi connectivity index (χ2n) is 8.19. The van der Waals surface area contributed by atoms with Gasteiger partial charge in [0.15, 0.2) is 5.78 Å². The van der Waals surface area contributed by atoms with Crippen molar-refractivity contribution < 1.29 is 4.79 Å². The predicted octanol–water partition coefficient (Wildman–Crippen LogP) is 5.65. The summed E-state index contributed by atoms with van der Waals surface area (Å²) in [5.41, 5.74) is 4.53. The third-order valence-electron chi connectivity index (χ3n) is 6.43. The van der Waals surface area contributed by atoms with Crippen LogP contribution in [0.3, 0.4) is 0 Å². The minimum atomic E-state index is 0.0204. The van der Waals surface area contributed by atoms with Gasteiger partial charge in [-0.1, -0.05) is 68.4 Å². The highest BCUT2D eigenvalue weighted by atomic mass is 16.1. The zero-order chi connectivity index (χ0) is 22.2. The summed E-state index contributed by atoms with van der Waals surface area (Å²) in [5.74, 6) is 0.846. The first kappa shape index (κ1) is 20.5. The topological polar surface area (TPSA) is 42.5 Å². The molecule has 2 aromatic heterocycles. The molecule has 0 N–H and O–H groups in total. The van der Waals surface area contributed by atoms with Gasteiger partial charge in [0, 0.05) is 25.6 Å². The van der Waals surface area contributed by atoms with Gasteiger partial charge in [-0.3, -0.25) is 9.20 Å². The molecule has 0 radical (unpaired) electrons. The fraction of sp³-hybridized carbons (Fsp3) is 0.259. The zero-order valence-electron chi connectivity index (χ0n) is 18.9. The number of ketones is 1. The standard InChI is InChI=1S/C27H28N4O/c1-4-29(5-2)17-18-30-23-15-8-9-16-24(23)31-26(19(3)32)25(28-27(30)31)22-14-10-12-20-11-6-7-13-21(20)22/h6-16H,4-5,17-18H2,1-3H3. The van der Waals surface area contributed by atoms with Gasteiger partial charge in [0.25, 0.3) is 0 Å². The van der Waals surface area contributed by atoms with Crippen molar-refractivity contribution in [3.63, 3.8) is 0 Å². The second-order valence-corrected chi connectivity index (χ2v) is 8.19. The number of hydrogen-bond acceptors (Lipinski definition) is 3. The Morgan fingerprint density at radius 1 is 0.906 bits per heavy atom. The van der Waals surface area contributed by atoms with E-state index in [0.717, 1.165) is 65.0 Å². The molecule has 5 heteroatoms. The molecule has 0 saturated carbocycles. The van der Waals surface area contributed by atoms with Crippen LogP contribution in [-0.2, 0) is 6.54 Å². The molecule has 5 rings (SSSR count). The highest BCUT2D eigenvalue weighted by molar-refractivity contribution is 6.06. The van der Waals surface area contributed by atoms with Crippen molar-refractivity contribution in [1.82, 2.24) is 18.9 Å². The molecule has 3 aromatic carbocycles. The maximum absolute atomic E-state index is 13.0. The molecule has 32 heavy (non-hydrogen) atoms. The van der Waals surface area contributed by atoms with Crippen LogP contribution < -0.4 is 0 Å². The van der Waals surface area contributed by atoms with Crippen LogP contribution in [0, 0.1) is 0 Å². The highest BCUT2D eigenvalue weighted by Crippen LogP contribution is 2.34. The van der Waals surface area contributed by atoms with E-state index in [4.69, 9.17) is 4.98 Å². The number of aromatic nitrogens is 3. The van der Waals surface area contributed by atoms with E-state index in [1.165, 1.54) is 0 Å². The summed E-state index contributed by atoms with van der Waals surface area (Å²) in [5, 5.41) is 2.25. The molecule has 0 bridgehead atoms. The van der Waals surface area contributed by atoms with Crippen molar-refractivity contribution in [1.29, 1.82) is 0 Å². The first-order valence-corrected chi connectivity index (χ1v) is 11.3. The summed E-state index contributed by atoms with van der Waals surface area (Å²) in [4.78, 5) is 20.5. The van der Waals surface area contributed by atoms with E-state index in [-0.39, 0.29) is 5.78 Å². The van der Waals surface area contributed by atoms with Crippen molar-refractivity contribution in [2.24, 2.45) is 0 Å². The average Bonchev–Trinajstić information content (AvgIpc) is 3.35. The Hall–Kier alpha value is -3.44. The molecule has 0 spiro atoms. The van der Waals surface area contributed by atoms with E-state index < -0.39 is 0 Å². The number of likely N-dealkylation sites (N-methyl/N-ethyl adjacent to an activating group) is 1. The van der Waals surface area contributed by atoms with Crippen LogP contribution in [0.25, 0.3) is 38.8 Å². The smallest absolute Gasteiger partial charge is 0.216 e. The molecule has 0 atom stereocenters. The van der Waals surface area contributed by atoms with Crippen LogP contribution in [0.4, 0.5) is 0 Å². The van der Waals surface area contributed by atoms with E-state index in [1.807, 2.05) is 24.3 Å². The number of Topliss-reactive ketones (excluding diaryl/α,β-unsaturated/α-hetero) is 1. The molecular formula is C27H28N4O. The summed E-state index contributed by atoms with van der Waals surface area (Å²) in [7, 11) is 0. The van der Waals surface area contributed by atoms with Gasteiger partial charge in [-0.15, -0.1) is 0 Å². The van der Waals surface area contributed by atoms with Crippen LogP contribution >= 0.6 is 0 Å². The van der Waals surface area contributed by atoms with Gasteiger partial charge in [0.2, 0.25) is 5.78 Å². The van der Waals surface area contributed by atoms with Gasteiger partial charge in [-0.25, -0.2) is 4.98 Å². The number of fused-ring (bicyclic) bond motifs is 4. The molecule has 5 nitrogen and oxygen atoms in total. The molecule has 0 aliphatic heterocycles. The SMILES string of the molecule is CCN(CC)CCn1c2ccccc2n2c(C(C)=O)c(-c3cccc4ccccc34)nc12. The molecule has 2 heterocycles. The van der Waals surface area contributed by atoms with Crippen molar-refractivity contribution in [2.75, 3.05) is 19.6 Å². The molecule has 0 aliphatic rings. The predicted molar refractivity (Wildman–Crippen MR) is 131 cm³/mol. The van der Waals surface area contributed by atoms with Gasteiger partial charge < -0.3 is 9.47 Å². The van der Waals surface area contributed by atoms with E-state index in [2.05, 4.69) is 70.2 Å². The number of nitrogens with zero attached hydrogens (tertiary/aromatic N) is 4. The number of rotatable bonds is 7. The Labute approximate surface area is 187 Å². The minimum absolute atomic E-state index is 0.0204. The highest BCUT2D eigenvalue weighted by Gasteiger charge is 2.24. The number of benzene rings is 3. The van der Waals surface area contributed by atoms with Gasteiger partial charge >= 0.3 is 0 Å². The fourth-order valence-corrected chi connectivity index (χ4v) is 4.75. The normalized spacial score (nSPS) is 11.9. The van der Waals surface area contributed by atoms with Crippen LogP contribution in [0.2, 0.25) is 0 Å². The summed E-state index contributed by atoms with van der Waals surface area (Å²) in [6.07, 6.45) is 0. The largest absolute Gasteiger partial charge is 0.308 e. The monoisotopic (exact) mass is 424 g/mol. The molecule has 5 aromatic rings. The van der Waals surface area contributed by atoms with Gasteiger partial charge in [0.1, 0.15) is 11.4 Å². The molecule has 0 fully saturated rings. The Bertz CT molecular complexity index is 1430. The number of hydrogen-bond donors (Lipinski definition) is 0. The Morgan fingerprint density at radius 3 is 2.34 bits per heavy atom. The zero-order valence-corrected chi connectivity index (χ0v) is 18.9. The van der Waals surface area contributed by atoms with E-state index in [1.54, 1.807) is 6.92 Å². The Morgan fingerprint density at radius 2 is 1.59 bits per heavy atom. The van der Waals surface area contributed by atoms with Gasteiger partial charge in [0.05, 0.1) is 11.0 Å². The molecule has 0 unspecified atom stereocenters. The Kier molecular flexibility index (Phi) is 5.27. The second kappa shape index (κ2) is 8.24. The maximum Gasteiger partial charge on any atom is 0.216 e. The van der Waals surface area contributed by atoms with E-state index >= 15 is 0 Å². The van der Waals surface area contributed by atoms with E-state index in [0.29, 0.717) is 5.69 Å².